The standard InChI is InChI=1S/C32H39N3O7/c1-7-20-35(28(25-13-11-10-12-23(25)8-2)29(38)33-19-18-27(37)41-9-3)30(39)26(34-31(40)42-32(4,5)6)21-22-14-16-24(36)17-15-22/h2,7,10-17,26,28,36H,1,9,18-21H2,3-6H3,(H,33,38)(H,34,40). The number of benzene rings is 2. The first-order chi connectivity index (χ1) is 19.9. The van der Waals surface area contributed by atoms with Crippen LogP contribution in [-0.2, 0) is 30.3 Å². The molecular formula is C32H39N3O7. The van der Waals surface area contributed by atoms with Crippen LogP contribution in [0.4, 0.5) is 4.79 Å². The van der Waals surface area contributed by atoms with E-state index in [4.69, 9.17) is 15.9 Å². The van der Waals surface area contributed by atoms with Crippen LogP contribution in [0.25, 0.3) is 0 Å². The number of nitrogens with zero attached hydrogens (tertiary/aromatic N) is 1. The zero-order chi connectivity index (χ0) is 31.3. The Labute approximate surface area is 247 Å². The number of esters is 1. The number of hydrogen-bond acceptors (Lipinski definition) is 7. The lowest BCUT2D eigenvalue weighted by Crippen LogP contribution is -2.54. The molecule has 2 aromatic carbocycles. The number of aromatic hydroxyl groups is 1. The van der Waals surface area contributed by atoms with Gasteiger partial charge in [-0.2, -0.15) is 0 Å². The second-order valence-electron chi connectivity index (χ2n) is 10.3. The van der Waals surface area contributed by atoms with E-state index in [1.807, 2.05) is 0 Å². The minimum Gasteiger partial charge on any atom is -0.508 e. The van der Waals surface area contributed by atoms with Crippen molar-refractivity contribution in [3.8, 4) is 18.1 Å². The zero-order valence-corrected chi connectivity index (χ0v) is 24.5. The SMILES string of the molecule is C#Cc1ccccc1C(C(=O)NCCC(=O)OCC)N(CC=C)C(=O)C(Cc1ccc(O)cc1)NC(=O)OC(C)(C)C. The summed E-state index contributed by atoms with van der Waals surface area (Å²) in [5.41, 5.74) is 0.578. The van der Waals surface area contributed by atoms with E-state index >= 15 is 0 Å². The first-order valence-corrected chi connectivity index (χ1v) is 13.6. The van der Waals surface area contributed by atoms with E-state index in [0.29, 0.717) is 16.7 Å². The van der Waals surface area contributed by atoms with E-state index < -0.39 is 41.6 Å². The van der Waals surface area contributed by atoms with Gasteiger partial charge in [-0.1, -0.05) is 42.3 Å². The number of terminal acetylenes is 1. The zero-order valence-electron chi connectivity index (χ0n) is 24.5. The summed E-state index contributed by atoms with van der Waals surface area (Å²) in [5, 5.41) is 15.1. The van der Waals surface area contributed by atoms with Gasteiger partial charge >= 0.3 is 12.1 Å². The molecule has 0 saturated heterocycles. The lowest BCUT2D eigenvalue weighted by atomic mass is 9.96. The van der Waals surface area contributed by atoms with Crippen LogP contribution >= 0.6 is 0 Å². The second kappa shape index (κ2) is 15.9. The van der Waals surface area contributed by atoms with Gasteiger partial charge in [-0.05, 0) is 57.0 Å². The molecule has 0 heterocycles. The van der Waals surface area contributed by atoms with Crippen LogP contribution in [0.1, 0.15) is 56.8 Å². The second-order valence-corrected chi connectivity index (χ2v) is 10.3. The number of amides is 3. The molecule has 0 spiro atoms. The predicted molar refractivity (Wildman–Crippen MR) is 158 cm³/mol. The Hall–Kier alpha value is -4.78. The van der Waals surface area contributed by atoms with Crippen LogP contribution in [0, 0.1) is 12.3 Å². The maximum atomic E-state index is 14.2. The average molecular weight is 578 g/mol. The molecular weight excluding hydrogens is 538 g/mol. The number of carbonyl (C=O) groups excluding carboxylic acids is 4. The number of ether oxygens (including phenoxy) is 2. The van der Waals surface area contributed by atoms with Gasteiger partial charge in [0.1, 0.15) is 23.4 Å². The van der Waals surface area contributed by atoms with Crippen LogP contribution in [-0.4, -0.2) is 65.2 Å². The fraction of sp³-hybridized carbons (Fsp3) is 0.375. The van der Waals surface area contributed by atoms with E-state index in [2.05, 4.69) is 23.1 Å². The highest BCUT2D eigenvalue weighted by Crippen LogP contribution is 2.26. The van der Waals surface area contributed by atoms with E-state index in [9.17, 15) is 24.3 Å². The van der Waals surface area contributed by atoms with Gasteiger partial charge in [0.25, 0.3) is 0 Å². The molecule has 0 aromatic heterocycles. The third-order valence-electron chi connectivity index (χ3n) is 5.88. The van der Waals surface area contributed by atoms with Crippen LogP contribution in [0.3, 0.4) is 0 Å². The lowest BCUT2D eigenvalue weighted by molar-refractivity contribution is -0.144. The summed E-state index contributed by atoms with van der Waals surface area (Å²) in [6.45, 7) is 10.6. The van der Waals surface area contributed by atoms with Crippen molar-refractivity contribution in [1.29, 1.82) is 0 Å². The fourth-order valence-corrected chi connectivity index (χ4v) is 4.11. The van der Waals surface area contributed by atoms with Crippen molar-refractivity contribution in [2.75, 3.05) is 19.7 Å². The number of phenols is 1. The molecule has 2 rings (SSSR count). The molecule has 2 aromatic rings. The number of nitrogens with one attached hydrogen (secondary N) is 2. The van der Waals surface area contributed by atoms with Crippen molar-refractivity contribution < 1.29 is 33.8 Å². The molecule has 3 N–H and O–H groups in total. The number of rotatable bonds is 13. The Kier molecular flexibility index (Phi) is 12.6. The summed E-state index contributed by atoms with van der Waals surface area (Å²) >= 11 is 0. The summed E-state index contributed by atoms with van der Waals surface area (Å²) in [6, 6.07) is 10.5. The molecule has 0 saturated carbocycles. The van der Waals surface area contributed by atoms with Gasteiger partial charge in [-0.15, -0.1) is 13.0 Å². The van der Waals surface area contributed by atoms with Crippen LogP contribution < -0.4 is 10.6 Å². The van der Waals surface area contributed by atoms with E-state index in [0.717, 1.165) is 0 Å². The maximum absolute atomic E-state index is 14.2. The van der Waals surface area contributed by atoms with Crippen LogP contribution in [0.5, 0.6) is 5.75 Å². The van der Waals surface area contributed by atoms with Gasteiger partial charge in [0.2, 0.25) is 11.8 Å². The Morgan fingerprint density at radius 2 is 1.79 bits per heavy atom. The third kappa shape index (κ3) is 10.3. The van der Waals surface area contributed by atoms with Gasteiger partial charge in [0.05, 0.1) is 13.0 Å². The minimum absolute atomic E-state index is 0.0278. The fourth-order valence-electron chi connectivity index (χ4n) is 4.11. The van der Waals surface area contributed by atoms with E-state index in [-0.39, 0.29) is 38.3 Å². The van der Waals surface area contributed by atoms with Crippen LogP contribution in [0.2, 0.25) is 0 Å². The molecule has 0 radical (unpaired) electrons. The average Bonchev–Trinajstić information content (AvgIpc) is 2.92. The summed E-state index contributed by atoms with van der Waals surface area (Å²) in [4.78, 5) is 53.9. The Bertz CT molecular complexity index is 1290. The van der Waals surface area contributed by atoms with E-state index in [1.54, 1.807) is 64.1 Å². The van der Waals surface area contributed by atoms with Crippen molar-refractivity contribution in [3.63, 3.8) is 0 Å². The molecule has 42 heavy (non-hydrogen) atoms. The van der Waals surface area contributed by atoms with Gasteiger partial charge in [-0.3, -0.25) is 14.4 Å². The van der Waals surface area contributed by atoms with Gasteiger partial charge in [0, 0.05) is 25.1 Å². The highest BCUT2D eigenvalue weighted by molar-refractivity contribution is 5.93. The van der Waals surface area contributed by atoms with Gasteiger partial charge in [0.15, 0.2) is 0 Å². The molecule has 224 valence electrons. The lowest BCUT2D eigenvalue weighted by Gasteiger charge is -2.34. The summed E-state index contributed by atoms with van der Waals surface area (Å²) in [6.07, 6.45) is 6.35. The largest absolute Gasteiger partial charge is 0.508 e. The molecule has 2 atom stereocenters. The minimum atomic E-state index is -1.23. The van der Waals surface area contributed by atoms with E-state index in [1.165, 1.54) is 23.1 Å². The normalized spacial score (nSPS) is 12.2. The number of carbonyl (C=O) groups is 4. The summed E-state index contributed by atoms with van der Waals surface area (Å²) in [5.74, 6) is 0.931. The van der Waals surface area contributed by atoms with Gasteiger partial charge < -0.3 is 30.1 Å². The van der Waals surface area contributed by atoms with Crippen molar-refractivity contribution in [2.45, 2.75) is 58.2 Å². The molecule has 10 nitrogen and oxygen atoms in total. The quantitative estimate of drug-likeness (QED) is 0.188. The highest BCUT2D eigenvalue weighted by Gasteiger charge is 2.36. The number of hydrogen-bond donors (Lipinski definition) is 3. The third-order valence-corrected chi connectivity index (χ3v) is 5.88. The Balaban J connectivity index is 2.53. The first-order valence-electron chi connectivity index (χ1n) is 13.6. The predicted octanol–water partition coefficient (Wildman–Crippen LogP) is 3.63. The molecule has 0 aliphatic heterocycles. The Morgan fingerprint density at radius 3 is 2.38 bits per heavy atom. The molecule has 3 amide bonds. The first kappa shape index (κ1) is 33.4. The molecule has 0 aliphatic rings. The molecule has 0 bridgehead atoms. The smallest absolute Gasteiger partial charge is 0.408 e. The van der Waals surface area contributed by atoms with Crippen molar-refractivity contribution in [1.82, 2.24) is 15.5 Å². The highest BCUT2D eigenvalue weighted by atomic mass is 16.6. The molecule has 0 aliphatic carbocycles. The van der Waals surface area contributed by atoms with Crippen molar-refractivity contribution in [2.24, 2.45) is 0 Å². The van der Waals surface area contributed by atoms with Gasteiger partial charge in [-0.25, -0.2) is 4.79 Å². The van der Waals surface area contributed by atoms with Crippen LogP contribution in [0.15, 0.2) is 61.2 Å². The van der Waals surface area contributed by atoms with Crippen molar-refractivity contribution >= 4 is 23.9 Å². The maximum Gasteiger partial charge on any atom is 0.408 e. The topological polar surface area (TPSA) is 134 Å². The van der Waals surface area contributed by atoms with Crippen molar-refractivity contribution in [3.05, 3.63) is 77.9 Å². The Morgan fingerprint density at radius 1 is 1.12 bits per heavy atom. The molecule has 10 heteroatoms. The summed E-state index contributed by atoms with van der Waals surface area (Å²) < 4.78 is 10.3. The molecule has 0 fully saturated rings. The monoisotopic (exact) mass is 577 g/mol. The molecule has 2 unspecified atom stereocenters. The number of alkyl carbamates (subject to hydrolysis) is 1. The summed E-state index contributed by atoms with van der Waals surface area (Å²) in [7, 11) is 0. The number of phenolic OH excluding ortho intramolecular Hbond substituents is 1.